The van der Waals surface area contributed by atoms with Crippen LogP contribution in [0.15, 0.2) is 44.2 Å². The van der Waals surface area contributed by atoms with Crippen LogP contribution in [-0.4, -0.2) is 99.6 Å². The molecule has 2 aromatic heterocycles. The fourth-order valence-corrected chi connectivity index (χ4v) is 5.28. The molecule has 2 fully saturated rings. The zero-order valence-corrected chi connectivity index (χ0v) is 18.9. The Balaban J connectivity index is 1.42. The predicted molar refractivity (Wildman–Crippen MR) is 115 cm³/mol. The van der Waals surface area contributed by atoms with Gasteiger partial charge in [-0.1, -0.05) is 0 Å². The molecule has 16 heteroatoms. The van der Waals surface area contributed by atoms with Crippen molar-refractivity contribution in [3.05, 3.63) is 45.5 Å². The summed E-state index contributed by atoms with van der Waals surface area (Å²) in [6.45, 7) is -1.05. The van der Waals surface area contributed by atoms with Crippen LogP contribution in [0.2, 0.25) is 0 Å². The molecule has 8 atom stereocenters. The normalized spacial score (nSPS) is 33.5. The molecular weight excluding hydrogens is 496 g/mol. The fraction of sp³-hybridized carbons (Fsp3) is 0.556. The highest BCUT2D eigenvalue weighted by Gasteiger charge is 2.44. The van der Waals surface area contributed by atoms with Crippen molar-refractivity contribution in [3.63, 3.8) is 0 Å². The van der Waals surface area contributed by atoms with Crippen molar-refractivity contribution >= 4 is 21.6 Å². The maximum Gasteiger partial charge on any atom is 0.350 e. The van der Waals surface area contributed by atoms with Crippen LogP contribution >= 0.6 is 21.6 Å². The van der Waals surface area contributed by atoms with Gasteiger partial charge in [0.2, 0.25) is 0 Å². The first-order valence-corrected chi connectivity index (χ1v) is 12.2. The molecule has 2 aliphatic heterocycles. The van der Waals surface area contributed by atoms with Gasteiger partial charge in [0.05, 0.1) is 13.2 Å². The maximum atomic E-state index is 12.4. The van der Waals surface area contributed by atoms with E-state index in [1.807, 2.05) is 0 Å². The number of aromatic nitrogens is 4. The first-order valence-electron chi connectivity index (χ1n) is 10.0. The Labute approximate surface area is 198 Å². The van der Waals surface area contributed by atoms with Crippen LogP contribution in [-0.2, 0) is 9.47 Å². The average molecular weight is 519 g/mol. The molecule has 0 spiro atoms. The van der Waals surface area contributed by atoms with Gasteiger partial charge >= 0.3 is 11.4 Å². The lowest BCUT2D eigenvalue weighted by molar-refractivity contribution is -0.0551. The third kappa shape index (κ3) is 4.78. The smallest absolute Gasteiger partial charge is 0.350 e. The van der Waals surface area contributed by atoms with Gasteiger partial charge in [-0.15, -0.1) is 0 Å². The van der Waals surface area contributed by atoms with E-state index in [1.54, 1.807) is 0 Å². The number of nitrogens with zero attached hydrogens (tertiary/aromatic N) is 4. The van der Waals surface area contributed by atoms with Crippen molar-refractivity contribution < 1.29 is 40.1 Å². The Kier molecular flexibility index (Phi) is 7.72. The highest BCUT2D eigenvalue weighted by molar-refractivity contribution is 8.76. The van der Waals surface area contributed by atoms with Gasteiger partial charge in [0.15, 0.2) is 12.5 Å². The van der Waals surface area contributed by atoms with Gasteiger partial charge < -0.3 is 40.1 Å². The van der Waals surface area contributed by atoms with Crippen LogP contribution < -0.4 is 11.4 Å². The van der Waals surface area contributed by atoms with Gasteiger partial charge in [-0.2, -0.15) is 9.97 Å². The summed E-state index contributed by atoms with van der Waals surface area (Å²) in [4.78, 5) is 32.5. The summed E-state index contributed by atoms with van der Waals surface area (Å²) in [6.07, 6.45) is -7.36. The Morgan fingerprint density at radius 2 is 1.12 bits per heavy atom. The van der Waals surface area contributed by atoms with Crippen molar-refractivity contribution in [3.8, 4) is 0 Å². The molecule has 2 aliphatic rings. The quantitative estimate of drug-likeness (QED) is 0.158. The lowest BCUT2D eigenvalue weighted by Gasteiger charge is -2.17. The first-order chi connectivity index (χ1) is 16.2. The molecule has 0 aromatic carbocycles. The summed E-state index contributed by atoms with van der Waals surface area (Å²) in [6, 6.07) is 2.93. The third-order valence-corrected chi connectivity index (χ3v) is 7.56. The molecular formula is C18H22N4O10S2. The van der Waals surface area contributed by atoms with E-state index < -0.39 is 73.7 Å². The molecule has 2 aromatic rings. The SMILES string of the molecule is O=c1nc(SSc2ccn([C@@H]3O[C@H](CO)[C@H](O)[C@@H]3O)c(=O)n2)ccn1[C@@H]1O[C@H](CO)[C@H](O)[C@@H]1O. The topological polar surface area (TPSA) is 210 Å². The second-order valence-corrected chi connectivity index (χ2v) is 9.71. The fourth-order valence-electron chi connectivity index (χ4n) is 3.58. The summed E-state index contributed by atoms with van der Waals surface area (Å²) in [7, 11) is 2.06. The van der Waals surface area contributed by atoms with Crippen LogP contribution in [0.4, 0.5) is 0 Å². The highest BCUT2D eigenvalue weighted by atomic mass is 33.1. The molecule has 0 saturated carbocycles. The van der Waals surface area contributed by atoms with E-state index in [0.29, 0.717) is 0 Å². The Hall–Kier alpha value is -1.86. The zero-order chi connectivity index (χ0) is 24.6. The molecule has 4 heterocycles. The summed E-state index contributed by atoms with van der Waals surface area (Å²) in [5, 5.41) is 58.7. The number of aliphatic hydroxyl groups is 6. The Bertz CT molecular complexity index is 1040. The van der Waals surface area contributed by atoms with E-state index in [9.17, 15) is 40.2 Å². The monoisotopic (exact) mass is 518 g/mol. The van der Waals surface area contributed by atoms with Crippen molar-refractivity contribution in [1.29, 1.82) is 0 Å². The van der Waals surface area contributed by atoms with Crippen molar-refractivity contribution in [2.45, 2.75) is 59.1 Å². The second-order valence-electron chi connectivity index (χ2n) is 7.54. The van der Waals surface area contributed by atoms with Gasteiger partial charge in [-0.25, -0.2) is 9.59 Å². The zero-order valence-electron chi connectivity index (χ0n) is 17.3. The first kappa shape index (κ1) is 25.2. The van der Waals surface area contributed by atoms with Crippen LogP contribution in [0.3, 0.4) is 0 Å². The minimum absolute atomic E-state index is 0.271. The van der Waals surface area contributed by atoms with Gasteiger partial charge in [-0.3, -0.25) is 9.13 Å². The van der Waals surface area contributed by atoms with Gasteiger partial charge in [0, 0.05) is 12.4 Å². The van der Waals surface area contributed by atoms with E-state index in [1.165, 1.54) is 24.5 Å². The van der Waals surface area contributed by atoms with Gasteiger partial charge in [0.25, 0.3) is 0 Å². The van der Waals surface area contributed by atoms with Gasteiger partial charge in [-0.05, 0) is 33.7 Å². The lowest BCUT2D eigenvalue weighted by atomic mass is 10.1. The molecule has 186 valence electrons. The lowest BCUT2D eigenvalue weighted by Crippen LogP contribution is -2.36. The van der Waals surface area contributed by atoms with E-state index in [-0.39, 0.29) is 10.1 Å². The van der Waals surface area contributed by atoms with Crippen LogP contribution in [0.5, 0.6) is 0 Å². The van der Waals surface area contributed by atoms with E-state index in [0.717, 1.165) is 30.7 Å². The summed E-state index contributed by atoms with van der Waals surface area (Å²) in [5.41, 5.74) is -1.51. The molecule has 4 rings (SSSR count). The van der Waals surface area contributed by atoms with Crippen molar-refractivity contribution in [2.24, 2.45) is 0 Å². The molecule has 6 N–H and O–H groups in total. The van der Waals surface area contributed by atoms with Crippen LogP contribution in [0.25, 0.3) is 0 Å². The summed E-state index contributed by atoms with van der Waals surface area (Å²) >= 11 is 0. The molecule has 34 heavy (non-hydrogen) atoms. The van der Waals surface area contributed by atoms with Gasteiger partial charge in [0.1, 0.15) is 46.7 Å². The van der Waals surface area contributed by atoms with E-state index >= 15 is 0 Å². The standard InChI is InChI=1S/C18H22N4O10S2/c23-5-7-11(25)13(27)15(31-7)21-3-1-9(19-17(21)29)33-34-10-2-4-22(18(30)20-10)16-14(28)12(26)8(6-24)32-16/h1-4,7-8,11-16,23-28H,5-6H2/t7-,8-,11+,12+,13+,14+,15-,16-/m1/s1. The highest BCUT2D eigenvalue weighted by Crippen LogP contribution is 2.35. The second kappa shape index (κ2) is 10.4. The van der Waals surface area contributed by atoms with Crippen molar-refractivity contribution in [2.75, 3.05) is 13.2 Å². The summed E-state index contributed by atoms with van der Waals surface area (Å²) in [5.74, 6) is 0. The molecule has 0 amide bonds. The van der Waals surface area contributed by atoms with Crippen LogP contribution in [0.1, 0.15) is 12.5 Å². The molecule has 0 radical (unpaired) electrons. The Morgan fingerprint density at radius 3 is 1.41 bits per heavy atom. The molecule has 2 saturated heterocycles. The average Bonchev–Trinajstić information content (AvgIpc) is 3.27. The Morgan fingerprint density at radius 1 is 0.735 bits per heavy atom. The minimum Gasteiger partial charge on any atom is -0.394 e. The van der Waals surface area contributed by atoms with E-state index in [4.69, 9.17) is 9.47 Å². The summed E-state index contributed by atoms with van der Waals surface area (Å²) < 4.78 is 12.6. The maximum absolute atomic E-state index is 12.4. The molecule has 0 unspecified atom stereocenters. The largest absolute Gasteiger partial charge is 0.394 e. The van der Waals surface area contributed by atoms with Crippen LogP contribution in [0, 0.1) is 0 Å². The minimum atomic E-state index is -1.42. The molecule has 0 bridgehead atoms. The molecule has 14 nitrogen and oxygen atoms in total. The van der Waals surface area contributed by atoms with E-state index in [2.05, 4.69) is 9.97 Å². The number of aliphatic hydroxyl groups excluding tert-OH is 6. The number of rotatable bonds is 7. The van der Waals surface area contributed by atoms with Crippen molar-refractivity contribution in [1.82, 2.24) is 19.1 Å². The number of hydrogen-bond acceptors (Lipinski definition) is 14. The molecule has 0 aliphatic carbocycles. The number of ether oxygens (including phenoxy) is 2. The predicted octanol–water partition coefficient (Wildman–Crippen LogP) is -3.18. The third-order valence-electron chi connectivity index (χ3n) is 5.40. The number of hydrogen-bond donors (Lipinski definition) is 6.